The van der Waals surface area contributed by atoms with E-state index in [1.54, 1.807) is 12.7 Å². The Morgan fingerprint density at radius 1 is 1.07 bits per heavy atom. The lowest BCUT2D eigenvalue weighted by Crippen LogP contribution is -2.52. The van der Waals surface area contributed by atoms with Crippen molar-refractivity contribution in [2.24, 2.45) is 4.99 Å². The van der Waals surface area contributed by atoms with Crippen molar-refractivity contribution in [2.75, 3.05) is 46.3 Å². The Balaban J connectivity index is 1.31. The molecule has 1 N–H and O–H groups in total. The molecule has 1 saturated heterocycles. The smallest absolute Gasteiger partial charge is 0.193 e. The maximum absolute atomic E-state index is 4.46. The number of nitrogens with zero attached hydrogens (tertiary/aromatic N) is 6. The Labute approximate surface area is 167 Å². The van der Waals surface area contributed by atoms with Crippen LogP contribution >= 0.6 is 0 Å². The van der Waals surface area contributed by atoms with Crippen LogP contribution in [-0.2, 0) is 6.54 Å². The number of rotatable bonds is 8. The summed E-state index contributed by atoms with van der Waals surface area (Å²) in [6.45, 7) is 7.05. The first-order chi connectivity index (χ1) is 13.8. The van der Waals surface area contributed by atoms with Crippen LogP contribution in [0.1, 0.15) is 18.4 Å². The van der Waals surface area contributed by atoms with Crippen LogP contribution in [-0.4, -0.2) is 76.8 Å². The summed E-state index contributed by atoms with van der Waals surface area (Å²) in [6, 6.07) is 10.5. The van der Waals surface area contributed by atoms with Crippen molar-refractivity contribution in [3.63, 3.8) is 0 Å². The van der Waals surface area contributed by atoms with E-state index in [0.29, 0.717) is 0 Å². The summed E-state index contributed by atoms with van der Waals surface area (Å²) in [4.78, 5) is 9.31. The molecule has 0 saturated carbocycles. The molecule has 0 spiro atoms. The molecule has 0 aliphatic carbocycles. The average Bonchev–Trinajstić information content (AvgIpc) is 3.26. The topological polar surface area (TPSA) is 61.6 Å². The molecule has 1 aromatic carbocycles. The third-order valence-corrected chi connectivity index (χ3v) is 4.95. The number of guanidine groups is 1. The minimum atomic E-state index is 0.939. The van der Waals surface area contributed by atoms with E-state index in [9.17, 15) is 0 Å². The lowest BCUT2D eigenvalue weighted by Gasteiger charge is -2.36. The summed E-state index contributed by atoms with van der Waals surface area (Å²) in [6.07, 6.45) is 10.2. The van der Waals surface area contributed by atoms with Crippen LogP contribution < -0.4 is 5.32 Å². The molecule has 0 radical (unpaired) electrons. The van der Waals surface area contributed by atoms with Gasteiger partial charge < -0.3 is 14.8 Å². The van der Waals surface area contributed by atoms with Crippen LogP contribution in [0, 0.1) is 0 Å². The van der Waals surface area contributed by atoms with E-state index in [0.717, 1.165) is 64.6 Å². The summed E-state index contributed by atoms with van der Waals surface area (Å²) in [5.74, 6) is 1.02. The van der Waals surface area contributed by atoms with Crippen molar-refractivity contribution < 1.29 is 0 Å². The largest absolute Gasteiger partial charge is 0.356 e. The Kier molecular flexibility index (Phi) is 8.06. The fourth-order valence-corrected chi connectivity index (χ4v) is 3.33. The zero-order chi connectivity index (χ0) is 19.4. The van der Waals surface area contributed by atoms with Gasteiger partial charge in [0.05, 0.1) is 0 Å². The second kappa shape index (κ2) is 11.2. The third-order valence-electron chi connectivity index (χ3n) is 4.95. The molecule has 7 nitrogen and oxygen atoms in total. The van der Waals surface area contributed by atoms with Gasteiger partial charge in [-0.15, -0.1) is 10.2 Å². The molecular formula is C21H31N7. The summed E-state index contributed by atoms with van der Waals surface area (Å²) in [7, 11) is 1.87. The molecule has 28 heavy (non-hydrogen) atoms. The number of hydrogen-bond donors (Lipinski definition) is 1. The van der Waals surface area contributed by atoms with Gasteiger partial charge in [0, 0.05) is 52.9 Å². The van der Waals surface area contributed by atoms with Gasteiger partial charge >= 0.3 is 0 Å². The molecule has 1 fully saturated rings. The van der Waals surface area contributed by atoms with E-state index in [2.05, 4.69) is 72.8 Å². The first-order valence-corrected chi connectivity index (χ1v) is 10.1. The number of aryl methyl sites for hydroxylation is 1. The van der Waals surface area contributed by atoms with Crippen LogP contribution in [0.15, 0.2) is 54.1 Å². The molecule has 0 amide bonds. The van der Waals surface area contributed by atoms with E-state index in [1.807, 2.05) is 11.6 Å². The van der Waals surface area contributed by atoms with E-state index < -0.39 is 0 Å². The Morgan fingerprint density at radius 3 is 2.54 bits per heavy atom. The van der Waals surface area contributed by atoms with Crippen LogP contribution in [0.4, 0.5) is 0 Å². The standard InChI is InChI=1S/C21H31N7/c1-22-21(23-11-5-6-12-27-18-24-25-19-27)28-16-14-26(15-17-28)13-7-10-20-8-3-2-4-9-20/h2-4,7-10,18-19H,5-6,11-17H2,1H3,(H,22,23)/b10-7+. The van der Waals surface area contributed by atoms with Gasteiger partial charge in [-0.1, -0.05) is 42.5 Å². The van der Waals surface area contributed by atoms with Gasteiger partial charge in [0.2, 0.25) is 0 Å². The van der Waals surface area contributed by atoms with Gasteiger partial charge in [-0.25, -0.2) is 0 Å². The fraction of sp³-hybridized carbons (Fsp3) is 0.476. The van der Waals surface area contributed by atoms with E-state index in [1.165, 1.54) is 5.56 Å². The second-order valence-electron chi connectivity index (χ2n) is 6.98. The summed E-state index contributed by atoms with van der Waals surface area (Å²) in [5.41, 5.74) is 1.26. The van der Waals surface area contributed by atoms with Crippen LogP contribution in [0.3, 0.4) is 0 Å². The van der Waals surface area contributed by atoms with Gasteiger partial charge in [0.25, 0.3) is 0 Å². The monoisotopic (exact) mass is 381 g/mol. The first kappa shape index (κ1) is 20.1. The Bertz CT molecular complexity index is 716. The van der Waals surface area contributed by atoms with Gasteiger partial charge in [0.15, 0.2) is 5.96 Å². The van der Waals surface area contributed by atoms with E-state index >= 15 is 0 Å². The lowest BCUT2D eigenvalue weighted by molar-refractivity contribution is 0.194. The van der Waals surface area contributed by atoms with Gasteiger partial charge in [-0.05, 0) is 18.4 Å². The number of piperazine rings is 1. The maximum atomic E-state index is 4.46. The normalized spacial score (nSPS) is 16.0. The molecule has 0 unspecified atom stereocenters. The average molecular weight is 382 g/mol. The number of aliphatic imine (C=N–C) groups is 1. The fourth-order valence-electron chi connectivity index (χ4n) is 3.33. The number of benzene rings is 1. The van der Waals surface area contributed by atoms with Crippen molar-refractivity contribution in [2.45, 2.75) is 19.4 Å². The van der Waals surface area contributed by atoms with Gasteiger partial charge in [-0.3, -0.25) is 9.89 Å². The maximum Gasteiger partial charge on any atom is 0.193 e. The van der Waals surface area contributed by atoms with Crippen molar-refractivity contribution in [1.82, 2.24) is 29.9 Å². The first-order valence-electron chi connectivity index (χ1n) is 10.1. The molecule has 1 aliphatic heterocycles. The summed E-state index contributed by atoms with van der Waals surface area (Å²) < 4.78 is 2.01. The molecule has 2 aromatic rings. The molecule has 0 atom stereocenters. The quantitative estimate of drug-likeness (QED) is 0.430. The van der Waals surface area contributed by atoms with Crippen LogP contribution in [0.5, 0.6) is 0 Å². The Morgan fingerprint density at radius 2 is 1.82 bits per heavy atom. The highest BCUT2D eigenvalue weighted by molar-refractivity contribution is 5.79. The molecule has 150 valence electrons. The SMILES string of the molecule is CN=C(NCCCCn1cnnc1)N1CCN(C/C=C/c2ccccc2)CC1. The number of unbranched alkanes of at least 4 members (excludes halogenated alkanes) is 1. The zero-order valence-electron chi connectivity index (χ0n) is 16.7. The molecule has 1 aromatic heterocycles. The summed E-state index contributed by atoms with van der Waals surface area (Å²) in [5, 5.41) is 11.2. The zero-order valence-corrected chi connectivity index (χ0v) is 16.7. The highest BCUT2D eigenvalue weighted by Gasteiger charge is 2.18. The second-order valence-corrected chi connectivity index (χ2v) is 6.98. The van der Waals surface area contributed by atoms with Crippen molar-refractivity contribution in [3.8, 4) is 0 Å². The van der Waals surface area contributed by atoms with Crippen molar-refractivity contribution in [1.29, 1.82) is 0 Å². The predicted molar refractivity (Wildman–Crippen MR) is 114 cm³/mol. The minimum Gasteiger partial charge on any atom is -0.356 e. The van der Waals surface area contributed by atoms with E-state index in [4.69, 9.17) is 0 Å². The number of nitrogens with one attached hydrogen (secondary N) is 1. The third kappa shape index (κ3) is 6.49. The molecule has 0 bridgehead atoms. The van der Waals surface area contributed by atoms with Gasteiger partial charge in [0.1, 0.15) is 12.7 Å². The van der Waals surface area contributed by atoms with Crippen LogP contribution in [0.2, 0.25) is 0 Å². The molecular weight excluding hydrogens is 350 g/mol. The molecule has 2 heterocycles. The molecule has 7 heteroatoms. The molecule has 3 rings (SSSR count). The predicted octanol–water partition coefficient (Wildman–Crippen LogP) is 1.96. The number of hydrogen-bond acceptors (Lipinski definition) is 4. The van der Waals surface area contributed by atoms with Gasteiger partial charge in [-0.2, -0.15) is 0 Å². The molecule has 1 aliphatic rings. The van der Waals surface area contributed by atoms with Crippen molar-refractivity contribution >= 4 is 12.0 Å². The minimum absolute atomic E-state index is 0.939. The lowest BCUT2D eigenvalue weighted by atomic mass is 10.2. The summed E-state index contributed by atoms with van der Waals surface area (Å²) >= 11 is 0. The Hall–Kier alpha value is -2.67. The highest BCUT2D eigenvalue weighted by Crippen LogP contribution is 2.05. The van der Waals surface area contributed by atoms with Crippen LogP contribution in [0.25, 0.3) is 6.08 Å². The highest BCUT2D eigenvalue weighted by atomic mass is 15.3. The van der Waals surface area contributed by atoms with E-state index in [-0.39, 0.29) is 0 Å². The number of aromatic nitrogens is 3. The van der Waals surface area contributed by atoms with Crippen molar-refractivity contribution in [3.05, 3.63) is 54.6 Å².